The number of nitrogens with one attached hydrogen (secondary N) is 1. The maximum atomic E-state index is 6.41. The van der Waals surface area contributed by atoms with Crippen LogP contribution in [0, 0.1) is 6.92 Å². The van der Waals surface area contributed by atoms with Crippen molar-refractivity contribution in [3.8, 4) is 0 Å². The predicted molar refractivity (Wildman–Crippen MR) is 92.0 cm³/mol. The minimum Gasteiger partial charge on any atom is -0.305 e. The van der Waals surface area contributed by atoms with Gasteiger partial charge in [-0.25, -0.2) is 0 Å². The molecule has 1 N–H and O–H groups in total. The predicted octanol–water partition coefficient (Wildman–Crippen LogP) is 4.89. The van der Waals surface area contributed by atoms with Crippen LogP contribution in [-0.2, 0) is 0 Å². The fourth-order valence-electron chi connectivity index (χ4n) is 2.46. The first-order valence-electron chi connectivity index (χ1n) is 7.18. The largest absolute Gasteiger partial charge is 0.305 e. The van der Waals surface area contributed by atoms with Gasteiger partial charge >= 0.3 is 0 Å². The monoisotopic (exact) mass is 369 g/mol. The van der Waals surface area contributed by atoms with Crippen molar-refractivity contribution in [2.45, 2.75) is 39.8 Å². The van der Waals surface area contributed by atoms with Gasteiger partial charge in [-0.15, -0.1) is 0 Å². The Morgan fingerprint density at radius 1 is 1.38 bits per heavy atom. The third-order valence-electron chi connectivity index (χ3n) is 3.47. The second-order valence-electron chi connectivity index (χ2n) is 5.42. The van der Waals surface area contributed by atoms with Crippen LogP contribution in [0.15, 0.2) is 28.9 Å². The maximum Gasteiger partial charge on any atom is 0.0837 e. The Hall–Kier alpha value is -0.840. The van der Waals surface area contributed by atoms with E-state index >= 15 is 0 Å². The van der Waals surface area contributed by atoms with Gasteiger partial charge < -0.3 is 5.32 Å². The molecule has 0 radical (unpaired) electrons. The molecule has 5 heteroatoms. The molecule has 1 aromatic carbocycles. The molecular weight excluding hydrogens is 350 g/mol. The van der Waals surface area contributed by atoms with Crippen LogP contribution < -0.4 is 5.32 Å². The van der Waals surface area contributed by atoms with E-state index in [2.05, 4.69) is 72.2 Å². The molecule has 0 aliphatic rings. The number of halogens is 2. The Balaban J connectivity index is 2.53. The molecule has 0 fully saturated rings. The Morgan fingerprint density at radius 2 is 2.10 bits per heavy atom. The number of rotatable bonds is 5. The van der Waals surface area contributed by atoms with Crippen LogP contribution in [0.3, 0.4) is 0 Å². The first-order valence-corrected chi connectivity index (χ1v) is 8.35. The molecule has 0 amide bonds. The molecule has 3 nitrogen and oxygen atoms in total. The molecule has 0 saturated carbocycles. The molecule has 0 aliphatic carbocycles. The van der Waals surface area contributed by atoms with Crippen LogP contribution in [0.4, 0.5) is 0 Å². The van der Waals surface area contributed by atoms with E-state index in [1.165, 1.54) is 11.1 Å². The normalized spacial score (nSPS) is 12.9. The van der Waals surface area contributed by atoms with E-state index in [0.717, 1.165) is 16.7 Å². The van der Waals surface area contributed by atoms with Crippen molar-refractivity contribution in [2.24, 2.45) is 0 Å². The topological polar surface area (TPSA) is 29.9 Å². The van der Waals surface area contributed by atoms with Crippen molar-refractivity contribution in [3.63, 3.8) is 0 Å². The summed E-state index contributed by atoms with van der Waals surface area (Å²) in [4.78, 5) is 0. The first-order chi connectivity index (χ1) is 9.95. The average molecular weight is 371 g/mol. The highest BCUT2D eigenvalue weighted by molar-refractivity contribution is 9.10. The van der Waals surface area contributed by atoms with E-state index in [9.17, 15) is 0 Å². The minimum absolute atomic E-state index is 0.0409. The molecule has 2 aromatic rings. The average Bonchev–Trinajstić information content (AvgIpc) is 2.81. The molecule has 114 valence electrons. The van der Waals surface area contributed by atoms with E-state index in [0.29, 0.717) is 5.02 Å². The van der Waals surface area contributed by atoms with E-state index in [-0.39, 0.29) is 12.1 Å². The molecule has 0 saturated heterocycles. The lowest BCUT2D eigenvalue weighted by Gasteiger charge is -2.22. The third-order valence-corrected chi connectivity index (χ3v) is 4.65. The molecule has 21 heavy (non-hydrogen) atoms. The minimum atomic E-state index is 0.0409. The number of nitrogens with zero attached hydrogens (tertiary/aromatic N) is 2. The summed E-state index contributed by atoms with van der Waals surface area (Å²) in [5.41, 5.74) is 3.43. The van der Waals surface area contributed by atoms with Crippen LogP contribution in [0.1, 0.15) is 49.7 Å². The lowest BCUT2D eigenvalue weighted by Crippen LogP contribution is -2.26. The maximum absolute atomic E-state index is 6.41. The quantitative estimate of drug-likeness (QED) is 0.812. The van der Waals surface area contributed by atoms with Crippen molar-refractivity contribution in [3.05, 3.63) is 50.7 Å². The van der Waals surface area contributed by atoms with Crippen molar-refractivity contribution >= 4 is 27.5 Å². The standard InChI is InChI=1S/C16H21BrClN3/c1-5-19-15(12-6-7-13(17)11(4)8-12)16-14(18)9-20-21(16)10(2)3/h6-10,15,19H,5H2,1-4H3. The first kappa shape index (κ1) is 16.5. The molecule has 1 atom stereocenters. The van der Waals surface area contributed by atoms with Gasteiger partial charge in [0.25, 0.3) is 0 Å². The summed E-state index contributed by atoms with van der Waals surface area (Å²) < 4.78 is 3.11. The second-order valence-corrected chi connectivity index (χ2v) is 6.68. The van der Waals surface area contributed by atoms with Crippen molar-refractivity contribution in [2.75, 3.05) is 6.54 Å². The molecule has 1 heterocycles. The Morgan fingerprint density at radius 3 is 2.67 bits per heavy atom. The van der Waals surface area contributed by atoms with Gasteiger partial charge in [-0.05, 0) is 44.5 Å². The third kappa shape index (κ3) is 3.50. The molecule has 1 unspecified atom stereocenters. The summed E-state index contributed by atoms with van der Waals surface area (Å²) in [5.74, 6) is 0. The van der Waals surface area contributed by atoms with Crippen LogP contribution in [0.5, 0.6) is 0 Å². The van der Waals surface area contributed by atoms with Crippen molar-refractivity contribution in [1.82, 2.24) is 15.1 Å². The van der Waals surface area contributed by atoms with Crippen LogP contribution in [0.25, 0.3) is 0 Å². The molecule has 0 spiro atoms. The summed E-state index contributed by atoms with van der Waals surface area (Å²) >= 11 is 9.96. The zero-order valence-electron chi connectivity index (χ0n) is 12.8. The summed E-state index contributed by atoms with van der Waals surface area (Å²) in [6, 6.07) is 6.70. The number of hydrogen-bond acceptors (Lipinski definition) is 2. The number of aryl methyl sites for hydroxylation is 1. The zero-order chi connectivity index (χ0) is 15.6. The number of benzene rings is 1. The fraction of sp³-hybridized carbons (Fsp3) is 0.438. The highest BCUT2D eigenvalue weighted by Crippen LogP contribution is 2.31. The van der Waals surface area contributed by atoms with Gasteiger partial charge in [0.1, 0.15) is 0 Å². The van der Waals surface area contributed by atoms with Gasteiger partial charge in [-0.1, -0.05) is 46.6 Å². The highest BCUT2D eigenvalue weighted by atomic mass is 79.9. The van der Waals surface area contributed by atoms with Crippen molar-refractivity contribution in [1.29, 1.82) is 0 Å². The molecule has 0 aliphatic heterocycles. The molecule has 0 bridgehead atoms. The van der Waals surface area contributed by atoms with E-state index < -0.39 is 0 Å². The lowest BCUT2D eigenvalue weighted by atomic mass is 10.0. The molecule has 1 aromatic heterocycles. The molecule has 2 rings (SSSR count). The Labute approximate surface area is 139 Å². The summed E-state index contributed by atoms with van der Waals surface area (Å²) in [6.45, 7) is 9.28. The number of hydrogen-bond donors (Lipinski definition) is 1. The van der Waals surface area contributed by atoms with Crippen LogP contribution in [0.2, 0.25) is 5.02 Å². The fourth-order valence-corrected chi connectivity index (χ4v) is 2.94. The van der Waals surface area contributed by atoms with Crippen molar-refractivity contribution < 1.29 is 0 Å². The lowest BCUT2D eigenvalue weighted by molar-refractivity contribution is 0.476. The van der Waals surface area contributed by atoms with Gasteiger partial charge in [0.05, 0.1) is 23.0 Å². The van der Waals surface area contributed by atoms with Gasteiger partial charge in [-0.2, -0.15) is 5.10 Å². The number of aromatic nitrogens is 2. The smallest absolute Gasteiger partial charge is 0.0837 e. The van der Waals surface area contributed by atoms with E-state index in [4.69, 9.17) is 11.6 Å². The zero-order valence-corrected chi connectivity index (χ0v) is 15.2. The summed E-state index contributed by atoms with van der Waals surface area (Å²) in [6.07, 6.45) is 1.73. The van der Waals surface area contributed by atoms with Gasteiger partial charge in [0.2, 0.25) is 0 Å². The van der Waals surface area contributed by atoms with E-state index in [1.807, 2.05) is 4.68 Å². The van der Waals surface area contributed by atoms with Crippen LogP contribution in [-0.4, -0.2) is 16.3 Å². The van der Waals surface area contributed by atoms with Gasteiger partial charge in [0.15, 0.2) is 0 Å². The molecular formula is C16H21BrClN3. The van der Waals surface area contributed by atoms with Gasteiger partial charge in [-0.3, -0.25) is 4.68 Å². The second kappa shape index (κ2) is 6.95. The van der Waals surface area contributed by atoms with Crippen LogP contribution >= 0.6 is 27.5 Å². The van der Waals surface area contributed by atoms with E-state index in [1.54, 1.807) is 6.20 Å². The Kier molecular flexibility index (Phi) is 5.47. The summed E-state index contributed by atoms with van der Waals surface area (Å²) in [7, 11) is 0. The highest BCUT2D eigenvalue weighted by Gasteiger charge is 2.23. The summed E-state index contributed by atoms with van der Waals surface area (Å²) in [5, 5.41) is 8.65. The Bertz CT molecular complexity index is 622. The SMILES string of the molecule is CCNC(c1ccc(Br)c(C)c1)c1c(Cl)cnn1C(C)C. The van der Waals surface area contributed by atoms with Gasteiger partial charge in [0, 0.05) is 10.5 Å².